The van der Waals surface area contributed by atoms with Crippen molar-refractivity contribution in [2.75, 3.05) is 0 Å². The number of nitrogens with zero attached hydrogens (tertiary/aromatic N) is 16. The highest BCUT2D eigenvalue weighted by molar-refractivity contribution is 5.51. The number of fused-ring (bicyclic) bond motifs is 6. The van der Waals surface area contributed by atoms with Crippen LogP contribution in [0.3, 0.4) is 0 Å². The second-order valence-electron chi connectivity index (χ2n) is 25.5. The molecule has 16 heteroatoms. The van der Waals surface area contributed by atoms with Crippen molar-refractivity contribution in [1.29, 1.82) is 0 Å². The lowest BCUT2D eigenvalue weighted by Gasteiger charge is -2.20. The highest BCUT2D eigenvalue weighted by Crippen LogP contribution is 2.28. The first kappa shape index (κ1) is 79.9. The lowest BCUT2D eigenvalue weighted by Crippen LogP contribution is -2.16. The summed E-state index contributed by atoms with van der Waals surface area (Å²) in [6.07, 6.45) is 16.8. The predicted molar refractivity (Wildman–Crippen MR) is 383 cm³/mol. The molecule has 12 aromatic heterocycles. The Morgan fingerprint density at radius 1 is 0.344 bits per heavy atom. The summed E-state index contributed by atoms with van der Waals surface area (Å²) in [5.41, 5.74) is 14.1. The Hall–Kier alpha value is -8.14. The molecule has 12 heterocycles. The molecule has 0 aromatic carbocycles. The first-order valence-electron chi connectivity index (χ1n) is 32.6. The fourth-order valence-corrected chi connectivity index (χ4v) is 8.86. The fraction of sp³-hybridized carbons (Fsp3) is 0.486. The maximum Gasteiger partial charge on any atom is 0.179 e. The fourth-order valence-electron chi connectivity index (χ4n) is 8.86. The normalized spacial score (nSPS) is 11.0. The summed E-state index contributed by atoms with van der Waals surface area (Å²) in [5, 5.41) is 23.6. The molecule has 0 radical (unpaired) electrons. The monoisotopic (exact) mass is 1230 g/mol. The molecule has 0 aliphatic carbocycles. The third-order valence-electron chi connectivity index (χ3n) is 12.8. The Kier molecular flexibility index (Phi) is 32.9. The molecule has 0 N–H and O–H groups in total. The molecular weight excluding hydrogens is 1110 g/mol. The third-order valence-corrected chi connectivity index (χ3v) is 12.8. The van der Waals surface area contributed by atoms with Gasteiger partial charge in [-0.1, -0.05) is 244 Å². The smallest absolute Gasteiger partial charge is 0.179 e. The molecule has 0 unspecified atom stereocenters. The summed E-state index contributed by atoms with van der Waals surface area (Å²) in [7, 11) is 0. The number of pyridine rings is 6. The van der Waals surface area contributed by atoms with E-state index in [4.69, 9.17) is 0 Å². The van der Waals surface area contributed by atoms with Crippen LogP contribution in [-0.2, 0) is 32.5 Å². The minimum atomic E-state index is 0.0644. The van der Waals surface area contributed by atoms with Crippen LogP contribution < -0.4 is 0 Å². The van der Waals surface area contributed by atoms with Crippen LogP contribution in [0.2, 0.25) is 0 Å². The number of hydrogen-bond acceptors (Lipinski definition) is 10. The van der Waals surface area contributed by atoms with Crippen LogP contribution >= 0.6 is 0 Å². The molecule has 12 aromatic rings. The van der Waals surface area contributed by atoms with E-state index in [9.17, 15) is 0 Å². The van der Waals surface area contributed by atoms with Crippen molar-refractivity contribution < 1.29 is 0 Å². The summed E-state index contributed by atoms with van der Waals surface area (Å²) < 4.78 is 12.0. The lowest BCUT2D eigenvalue weighted by atomic mass is 9.88. The van der Waals surface area contributed by atoms with Crippen LogP contribution in [0.1, 0.15) is 242 Å². The highest BCUT2D eigenvalue weighted by Gasteiger charge is 2.22. The van der Waals surface area contributed by atoms with Gasteiger partial charge >= 0.3 is 0 Å². The summed E-state index contributed by atoms with van der Waals surface area (Å²) in [6.45, 7) is 63.4. The van der Waals surface area contributed by atoms with Gasteiger partial charge in [0.25, 0.3) is 0 Å². The van der Waals surface area contributed by atoms with Crippen LogP contribution in [0.5, 0.6) is 0 Å². The van der Waals surface area contributed by atoms with Crippen molar-refractivity contribution in [1.82, 2.24) is 77.4 Å². The summed E-state index contributed by atoms with van der Waals surface area (Å²) >= 11 is 0. The molecule has 90 heavy (non-hydrogen) atoms. The van der Waals surface area contributed by atoms with E-state index in [2.05, 4.69) is 243 Å². The van der Waals surface area contributed by atoms with Crippen molar-refractivity contribution >= 4 is 33.8 Å². The number of imidazole rings is 3. The van der Waals surface area contributed by atoms with Crippen molar-refractivity contribution in [3.05, 3.63) is 193 Å². The second-order valence-corrected chi connectivity index (χ2v) is 25.5. The molecule has 0 aliphatic rings. The van der Waals surface area contributed by atoms with Crippen LogP contribution in [0.15, 0.2) is 159 Å². The topological polar surface area (TPSA) is 155 Å². The Bertz CT molecular complexity index is 3190. The molecule has 0 spiro atoms. The number of aromatic nitrogens is 16. The molecule has 0 fully saturated rings. The average molecular weight is 1230 g/mol. The van der Waals surface area contributed by atoms with E-state index < -0.39 is 0 Å². The van der Waals surface area contributed by atoms with Crippen molar-refractivity contribution in [3.63, 3.8) is 0 Å². The molecular formula is C74H116N16. The van der Waals surface area contributed by atoms with Gasteiger partial charge in [-0.2, -0.15) is 9.61 Å². The molecule has 0 saturated carbocycles. The van der Waals surface area contributed by atoms with Crippen LogP contribution in [0.4, 0.5) is 0 Å². The first-order chi connectivity index (χ1) is 42.5. The van der Waals surface area contributed by atoms with Gasteiger partial charge < -0.3 is 13.2 Å². The predicted octanol–water partition coefficient (Wildman–Crippen LogP) is 19.5. The van der Waals surface area contributed by atoms with E-state index in [1.807, 2.05) is 184 Å². The van der Waals surface area contributed by atoms with Gasteiger partial charge in [0.15, 0.2) is 16.9 Å². The molecule has 0 atom stereocenters. The molecule has 0 saturated heterocycles. The van der Waals surface area contributed by atoms with Crippen LogP contribution in [0.25, 0.3) is 33.8 Å². The van der Waals surface area contributed by atoms with Gasteiger partial charge in [-0.3, -0.25) is 4.40 Å². The van der Waals surface area contributed by atoms with E-state index in [0.717, 1.165) is 39.4 Å². The summed E-state index contributed by atoms with van der Waals surface area (Å²) in [4.78, 5) is 16.9. The standard InChI is InChI=1S/3C11H14N2.2C10H13N3.C9H12N4.6C2H6/c1-11(2,3)9-5-4-7-13-8-6-12-10(9)13;1-11(2,3)10-6-4-5-9-7-12-8-13(9)10;1-11(2,3)9-5-4-6-10-12-7-8-13(9)10;1-10(2,3)8-5-4-6-9-12-11-7-13(8)9;1-10(2,3)8-5-4-6-9-11-7-12-13(8)9;1-9(2,3)7-5-4-6-8-10-11-12-13(7)8;6*1-2/h3*4-8H,1-3H3;2*4-7H,1-3H3;4-6H,1-3H3;6*1-2H3. The minimum absolute atomic E-state index is 0.0644. The summed E-state index contributed by atoms with van der Waals surface area (Å²) in [6, 6.07) is 34.8. The number of hydrogen-bond donors (Lipinski definition) is 0. The van der Waals surface area contributed by atoms with Crippen LogP contribution in [-0.4, -0.2) is 77.4 Å². The SMILES string of the molecule is CC.CC.CC.CC.CC.CC.CC(C)(C)c1cccc2cncn12.CC(C)(C)c1cccc2nccn12.CC(C)(C)c1cccc2ncnn12.CC(C)(C)c1cccc2nncn12.CC(C)(C)c1cccc2nnnn12.CC(C)(C)c1cccn2ccnc12. The Labute approximate surface area is 542 Å². The maximum atomic E-state index is 4.35. The largest absolute Gasteiger partial charge is 0.307 e. The maximum absolute atomic E-state index is 4.35. The van der Waals surface area contributed by atoms with E-state index >= 15 is 0 Å². The van der Waals surface area contributed by atoms with Crippen LogP contribution in [0, 0.1) is 0 Å². The van der Waals surface area contributed by atoms with Gasteiger partial charge in [0.05, 0.1) is 23.7 Å². The van der Waals surface area contributed by atoms with E-state index in [0.29, 0.717) is 0 Å². The van der Waals surface area contributed by atoms with Gasteiger partial charge in [-0.25, -0.2) is 24.5 Å². The quantitative estimate of drug-likeness (QED) is 0.143. The van der Waals surface area contributed by atoms with E-state index in [1.54, 1.807) is 17.2 Å². The van der Waals surface area contributed by atoms with Crippen molar-refractivity contribution in [3.8, 4) is 0 Å². The van der Waals surface area contributed by atoms with E-state index in [1.165, 1.54) is 28.3 Å². The Morgan fingerprint density at radius 3 is 1.33 bits per heavy atom. The van der Waals surface area contributed by atoms with Gasteiger partial charge in [0.2, 0.25) is 0 Å². The Balaban J connectivity index is 0.000000522. The lowest BCUT2D eigenvalue weighted by molar-refractivity contribution is 0.543. The van der Waals surface area contributed by atoms with Gasteiger partial charge in [0, 0.05) is 86.4 Å². The zero-order chi connectivity index (χ0) is 68.8. The number of rotatable bonds is 0. The second kappa shape index (κ2) is 37.1. The molecule has 0 bridgehead atoms. The Morgan fingerprint density at radius 2 is 0.800 bits per heavy atom. The van der Waals surface area contributed by atoms with Gasteiger partial charge in [-0.15, -0.1) is 15.3 Å². The molecule has 492 valence electrons. The zero-order valence-electron chi connectivity index (χ0n) is 61.2. The highest BCUT2D eigenvalue weighted by atomic mass is 15.5. The van der Waals surface area contributed by atoms with Crippen molar-refractivity contribution in [2.45, 2.75) is 240 Å². The summed E-state index contributed by atoms with van der Waals surface area (Å²) in [5.74, 6) is 0. The zero-order valence-corrected chi connectivity index (χ0v) is 61.2. The molecule has 0 amide bonds. The van der Waals surface area contributed by atoms with Gasteiger partial charge in [-0.05, 0) is 82.6 Å². The molecule has 16 nitrogen and oxygen atoms in total. The van der Waals surface area contributed by atoms with Gasteiger partial charge in [0.1, 0.15) is 23.9 Å². The number of tetrazole rings is 1. The van der Waals surface area contributed by atoms with Crippen molar-refractivity contribution in [2.24, 2.45) is 0 Å². The first-order valence-corrected chi connectivity index (χ1v) is 32.6. The van der Waals surface area contributed by atoms with E-state index in [-0.39, 0.29) is 32.5 Å². The third kappa shape index (κ3) is 22.7. The minimum Gasteiger partial charge on any atom is -0.307 e. The average Bonchev–Trinajstić information content (AvgIpc) is 2.10. The molecule has 12 rings (SSSR count). The molecule has 0 aliphatic heterocycles.